The van der Waals surface area contributed by atoms with E-state index in [-0.39, 0.29) is 32.7 Å². The Morgan fingerprint density at radius 2 is 1.43 bits per heavy atom. The predicted molar refractivity (Wildman–Crippen MR) is 114 cm³/mol. The van der Waals surface area contributed by atoms with Gasteiger partial charge in [0.15, 0.2) is 11.5 Å². The van der Waals surface area contributed by atoms with Crippen molar-refractivity contribution >= 4 is 39.0 Å². The van der Waals surface area contributed by atoms with E-state index in [9.17, 15) is 40.7 Å². The molecule has 1 aromatic heterocycles. The lowest BCUT2D eigenvalue weighted by atomic mass is 10.1. The van der Waals surface area contributed by atoms with Crippen LogP contribution in [0.25, 0.3) is 10.1 Å². The van der Waals surface area contributed by atoms with E-state index in [0.29, 0.717) is 12.1 Å². The number of carbonyl (C=O) groups excluding carboxylic acids is 1. The van der Waals surface area contributed by atoms with Crippen LogP contribution in [0.3, 0.4) is 0 Å². The molecular weight excluding hydrogens is 508 g/mol. The molecule has 1 heterocycles. The summed E-state index contributed by atoms with van der Waals surface area (Å²) >= 11 is 0.268. The monoisotopic (exact) mass is 523 g/mol. The van der Waals surface area contributed by atoms with Crippen LogP contribution in [0, 0.1) is 0 Å². The van der Waals surface area contributed by atoms with Crippen LogP contribution in [0.4, 0.5) is 32.0 Å². The molecule has 0 atom stereocenters. The number of fused-ring (bicyclic) bond motifs is 1. The molecule has 3 aromatic rings. The number of aromatic carboxylic acids is 1. The predicted octanol–water partition coefficient (Wildman–Crippen LogP) is 6.04. The van der Waals surface area contributed by atoms with Crippen LogP contribution in [0.5, 0.6) is 11.5 Å². The Balaban J connectivity index is 0.00000210. The molecule has 0 fully saturated rings. The lowest BCUT2D eigenvalue weighted by Crippen LogP contribution is -2.22. The van der Waals surface area contributed by atoms with Gasteiger partial charge in [-0.3, -0.25) is 9.59 Å². The van der Waals surface area contributed by atoms with Gasteiger partial charge in [0.25, 0.3) is 5.91 Å². The van der Waals surface area contributed by atoms with Crippen molar-refractivity contribution in [2.75, 3.05) is 5.32 Å². The van der Waals surface area contributed by atoms with Crippen LogP contribution in [0.1, 0.15) is 34.6 Å². The van der Waals surface area contributed by atoms with Gasteiger partial charge in [0.1, 0.15) is 0 Å². The van der Waals surface area contributed by atoms with Gasteiger partial charge in [0.05, 0.1) is 16.8 Å². The first-order valence-electron chi connectivity index (χ1n) is 9.50. The van der Waals surface area contributed by atoms with E-state index in [1.54, 1.807) is 0 Å². The van der Waals surface area contributed by atoms with Gasteiger partial charge in [-0.1, -0.05) is 37.3 Å². The summed E-state index contributed by atoms with van der Waals surface area (Å²) < 4.78 is 81.7. The summed E-state index contributed by atoms with van der Waals surface area (Å²) in [6.45, 7) is 4.00. The number of nitrogens with one attached hydrogen (secondary N) is 1. The van der Waals surface area contributed by atoms with Crippen LogP contribution in [-0.4, -0.2) is 29.7 Å². The van der Waals surface area contributed by atoms with E-state index >= 15 is 0 Å². The number of hydrogen-bond donors (Lipinski definition) is 2. The molecule has 7 nitrogen and oxygen atoms in total. The highest BCUT2D eigenvalue weighted by Gasteiger charge is 2.37. The van der Waals surface area contributed by atoms with Crippen LogP contribution in [0.2, 0.25) is 0 Å². The minimum absolute atomic E-state index is 0.158. The quantitative estimate of drug-likeness (QED) is 0.396. The van der Waals surface area contributed by atoms with Crippen molar-refractivity contribution in [2.45, 2.75) is 26.6 Å². The van der Waals surface area contributed by atoms with Crippen molar-refractivity contribution in [3.8, 4) is 11.5 Å². The van der Waals surface area contributed by atoms with Gasteiger partial charge in [0.2, 0.25) is 4.74 Å². The molecule has 0 unspecified atom stereocenters. The number of amides is 1. The fourth-order valence-corrected chi connectivity index (χ4v) is 3.53. The second kappa shape index (κ2) is 10.6. The zero-order valence-corrected chi connectivity index (χ0v) is 18.5. The van der Waals surface area contributed by atoms with E-state index in [4.69, 9.17) is 5.11 Å². The van der Waals surface area contributed by atoms with Gasteiger partial charge >= 0.3 is 18.7 Å². The number of ether oxygens (including phenoxy) is 2. The number of alkyl halides is 6. The van der Waals surface area contributed by atoms with Crippen molar-refractivity contribution in [3.63, 3.8) is 0 Å². The molecule has 0 aliphatic heterocycles. The minimum atomic E-state index is -5.36. The molecule has 35 heavy (non-hydrogen) atoms. The molecule has 0 aliphatic rings. The van der Waals surface area contributed by atoms with Crippen LogP contribution >= 0.6 is 11.3 Å². The van der Waals surface area contributed by atoms with Gasteiger partial charge in [-0.05, 0) is 29.7 Å². The Morgan fingerprint density at radius 1 is 0.886 bits per heavy atom. The fourth-order valence-electron chi connectivity index (χ4n) is 2.66. The number of hydrogen-bond acceptors (Lipinski definition) is 6. The molecular formula is C21H15F6NO6S. The number of halogens is 6. The topological polar surface area (TPSA) is 102 Å². The van der Waals surface area contributed by atoms with E-state index in [1.165, 1.54) is 24.3 Å². The van der Waals surface area contributed by atoms with E-state index < -0.39 is 46.4 Å². The molecule has 0 bridgehead atoms. The van der Waals surface area contributed by atoms with Crippen LogP contribution < -0.4 is 19.5 Å². The normalized spacial score (nSPS) is 11.3. The van der Waals surface area contributed by atoms with Crippen molar-refractivity contribution in [1.82, 2.24) is 0 Å². The molecule has 1 amide bonds. The Hall–Kier alpha value is -3.81. The maximum Gasteiger partial charge on any atom is 0.573 e. The Morgan fingerprint density at radius 3 is 1.97 bits per heavy atom. The van der Waals surface area contributed by atoms with Gasteiger partial charge < -0.3 is 19.9 Å². The number of rotatable bonds is 5. The number of para-hydroxylation sites is 1. The van der Waals surface area contributed by atoms with Gasteiger partial charge in [-0.25, -0.2) is 4.79 Å². The smallest absolute Gasteiger partial charge is 0.478 e. The summed E-state index contributed by atoms with van der Waals surface area (Å²) in [5, 5.41) is 11.1. The van der Waals surface area contributed by atoms with Crippen molar-refractivity contribution in [2.24, 2.45) is 0 Å². The Bertz CT molecular complexity index is 1300. The number of anilines is 1. The third-order valence-corrected chi connectivity index (χ3v) is 4.88. The molecule has 2 aromatic carbocycles. The molecule has 0 saturated carbocycles. The van der Waals surface area contributed by atoms with Crippen LogP contribution in [0.15, 0.2) is 47.3 Å². The molecule has 14 heteroatoms. The molecule has 0 spiro atoms. The van der Waals surface area contributed by atoms with Gasteiger partial charge in [0, 0.05) is 10.8 Å². The second-order valence-electron chi connectivity index (χ2n) is 6.18. The summed E-state index contributed by atoms with van der Waals surface area (Å²) in [4.78, 5) is 36.2. The summed E-state index contributed by atoms with van der Waals surface area (Å²) in [6, 6.07) is 7.12. The SMILES string of the molecule is CC.O=C(O)c1ccccc1NC(=O)c1cc2cc(OC(F)(F)F)c(OC(F)(F)F)cc2sc1=O. The maximum absolute atomic E-state index is 12.7. The van der Waals surface area contributed by atoms with E-state index in [0.717, 1.165) is 6.07 Å². The minimum Gasteiger partial charge on any atom is -0.478 e. The zero-order chi connectivity index (χ0) is 26.6. The molecule has 0 saturated heterocycles. The standard InChI is InChI=1S/C19H9F6NO6S.C2H6/c20-18(21,22)31-12-6-8-5-10(15(27)26-11-4-2-1-3-9(11)16(28)29)17(30)33-14(8)7-13(12)32-19(23,24)25;1-2/h1-7H,(H,26,27)(H,28,29);1-2H3. The number of carboxylic acids is 1. The highest BCUT2D eigenvalue weighted by Crippen LogP contribution is 2.39. The molecule has 3 rings (SSSR count). The van der Waals surface area contributed by atoms with Crippen LogP contribution in [-0.2, 0) is 0 Å². The number of benzene rings is 2. The molecule has 0 radical (unpaired) electrons. The van der Waals surface area contributed by atoms with E-state index in [2.05, 4.69) is 14.8 Å². The largest absolute Gasteiger partial charge is 0.573 e. The highest BCUT2D eigenvalue weighted by molar-refractivity contribution is 7.16. The first-order chi connectivity index (χ1) is 16.2. The summed E-state index contributed by atoms with van der Waals surface area (Å²) in [7, 11) is 0. The number of carboxylic acid groups (broad SMARTS) is 1. The average Bonchev–Trinajstić information content (AvgIpc) is 2.73. The third kappa shape index (κ3) is 7.34. The van der Waals surface area contributed by atoms with Crippen molar-refractivity contribution in [1.29, 1.82) is 0 Å². The lowest BCUT2D eigenvalue weighted by molar-refractivity contribution is -0.287. The van der Waals surface area contributed by atoms with E-state index in [1.807, 2.05) is 13.8 Å². The third-order valence-electron chi connectivity index (χ3n) is 3.90. The van der Waals surface area contributed by atoms with Gasteiger partial charge in [-0.15, -0.1) is 26.3 Å². The maximum atomic E-state index is 12.7. The average molecular weight is 523 g/mol. The summed E-state index contributed by atoms with van der Waals surface area (Å²) in [5.41, 5.74) is -1.04. The lowest BCUT2D eigenvalue weighted by Gasteiger charge is -2.16. The summed E-state index contributed by atoms with van der Waals surface area (Å²) in [6.07, 6.45) is -10.7. The highest BCUT2D eigenvalue weighted by atomic mass is 32.1. The Labute approximate surface area is 196 Å². The van der Waals surface area contributed by atoms with Crippen molar-refractivity contribution in [3.05, 3.63) is 63.1 Å². The summed E-state index contributed by atoms with van der Waals surface area (Å²) in [5.74, 6) is -5.14. The zero-order valence-electron chi connectivity index (χ0n) is 17.7. The number of carbonyl (C=O) groups is 2. The molecule has 0 aliphatic carbocycles. The van der Waals surface area contributed by atoms with Gasteiger partial charge in [-0.2, -0.15) is 0 Å². The molecule has 188 valence electrons. The fraction of sp³-hybridized carbons (Fsp3) is 0.190. The first-order valence-corrected chi connectivity index (χ1v) is 10.3. The first kappa shape index (κ1) is 27.4. The molecule has 2 N–H and O–H groups in total. The Kier molecular flexibility index (Phi) is 8.33. The van der Waals surface area contributed by atoms with Crippen molar-refractivity contribution < 1.29 is 50.5 Å². The second-order valence-corrected chi connectivity index (χ2v) is 7.20.